The van der Waals surface area contributed by atoms with E-state index in [0.717, 1.165) is 44.9 Å². The molecule has 0 aliphatic heterocycles. The molecule has 0 saturated carbocycles. The number of unbranched alkanes of at least 4 members (excludes halogenated alkanes) is 28. The van der Waals surface area contributed by atoms with Crippen LogP contribution in [-0.4, -0.2) is 60.5 Å². The number of nitrogens with two attached hydrogens (primary N) is 1. The number of hydrogen-bond acceptors (Lipinski definition) is 8. The lowest BCUT2D eigenvalue weighted by molar-refractivity contribution is -0.154. The smallest absolute Gasteiger partial charge is 0.472 e. The zero-order chi connectivity index (χ0) is 40.5. The number of hydrogen-bond donors (Lipinski definition) is 3. The highest BCUT2D eigenvalue weighted by atomic mass is 31.2. The largest absolute Gasteiger partial charge is 0.480 e. The highest BCUT2D eigenvalue weighted by molar-refractivity contribution is 7.47. The van der Waals surface area contributed by atoms with Crippen molar-refractivity contribution in [2.75, 3.05) is 26.4 Å². The van der Waals surface area contributed by atoms with Crippen LogP contribution < -0.4 is 5.73 Å². The number of carboxylic acid groups (broad SMARTS) is 1. The number of ether oxygens (including phenoxy) is 2. The molecule has 0 heterocycles. The van der Waals surface area contributed by atoms with Gasteiger partial charge in [0.1, 0.15) is 12.1 Å². The summed E-state index contributed by atoms with van der Waals surface area (Å²) in [6, 6.07) is -1.47. The molecule has 0 saturated heterocycles. The zero-order valence-electron chi connectivity index (χ0n) is 35.5. The van der Waals surface area contributed by atoms with E-state index in [-0.39, 0.29) is 13.0 Å². The molecule has 4 N–H and O–H groups in total. The first-order valence-electron chi connectivity index (χ1n) is 22.7. The number of carbonyl (C=O) groups is 2. The number of phosphoric acid groups is 1. The number of aliphatic carboxylic acids is 1. The highest BCUT2D eigenvalue weighted by Gasteiger charge is 2.27. The minimum absolute atomic E-state index is 0.0182. The van der Waals surface area contributed by atoms with E-state index >= 15 is 0 Å². The fourth-order valence-electron chi connectivity index (χ4n) is 6.48. The molecule has 0 bridgehead atoms. The summed E-state index contributed by atoms with van der Waals surface area (Å²) in [5.41, 5.74) is 5.36. The van der Waals surface area contributed by atoms with Gasteiger partial charge in [-0.25, -0.2) is 4.57 Å². The first-order valence-corrected chi connectivity index (χ1v) is 24.2. The maximum Gasteiger partial charge on any atom is 0.472 e. The molecule has 0 fully saturated rings. The SMILES string of the molecule is CCCCCC/C=C\CCCCCCCCOCC(COP(=O)(O)OCC(N)C(=O)O)OC(=O)CCCCCCCCCCCCCCCCCCCCC. The minimum atomic E-state index is -4.61. The lowest BCUT2D eigenvalue weighted by atomic mass is 10.0. The summed E-state index contributed by atoms with van der Waals surface area (Å²) >= 11 is 0. The van der Waals surface area contributed by atoms with Crippen molar-refractivity contribution < 1.29 is 42.7 Å². The van der Waals surface area contributed by atoms with Crippen molar-refractivity contribution in [1.29, 1.82) is 0 Å². The summed E-state index contributed by atoms with van der Waals surface area (Å²) in [4.78, 5) is 33.5. The Balaban J connectivity index is 4.16. The number of esters is 1. The standard InChI is InChI=1S/C44H86NO9P/c1-3-5-7-9-11-13-15-17-19-20-21-22-23-24-26-28-30-32-34-36-43(46)54-41(39-52-55(49,50)53-40-42(45)44(47)48)38-51-37-35-33-31-29-27-25-18-16-14-12-10-8-6-4-2/h14,16,41-42H,3-13,15,17-40,45H2,1-2H3,(H,47,48)(H,49,50)/b16-14-. The Morgan fingerprint density at radius 1 is 0.564 bits per heavy atom. The van der Waals surface area contributed by atoms with E-state index in [2.05, 4.69) is 26.0 Å². The second-order valence-electron chi connectivity index (χ2n) is 15.5. The summed E-state index contributed by atoms with van der Waals surface area (Å²) in [6.07, 6.45) is 42.6. The van der Waals surface area contributed by atoms with Gasteiger partial charge < -0.3 is 25.2 Å². The van der Waals surface area contributed by atoms with Crippen LogP contribution in [0.5, 0.6) is 0 Å². The van der Waals surface area contributed by atoms with E-state index in [0.29, 0.717) is 6.61 Å². The Kier molecular flexibility index (Phi) is 39.9. The molecule has 0 aliphatic rings. The van der Waals surface area contributed by atoms with Gasteiger partial charge in [0.2, 0.25) is 0 Å². The normalized spacial score (nSPS) is 14.0. The molecule has 0 radical (unpaired) electrons. The van der Waals surface area contributed by atoms with Crippen LogP contribution in [0.1, 0.15) is 219 Å². The fourth-order valence-corrected chi connectivity index (χ4v) is 7.26. The number of allylic oxidation sites excluding steroid dienone is 2. The first-order chi connectivity index (χ1) is 26.7. The van der Waals surface area contributed by atoms with Gasteiger partial charge in [-0.15, -0.1) is 0 Å². The van der Waals surface area contributed by atoms with Crippen molar-refractivity contribution in [2.45, 2.75) is 231 Å². The van der Waals surface area contributed by atoms with Crippen LogP contribution >= 0.6 is 7.82 Å². The summed E-state index contributed by atoms with van der Waals surface area (Å²) in [7, 11) is -4.61. The Morgan fingerprint density at radius 2 is 0.945 bits per heavy atom. The lowest BCUT2D eigenvalue weighted by Gasteiger charge is -2.20. The predicted molar refractivity (Wildman–Crippen MR) is 226 cm³/mol. The van der Waals surface area contributed by atoms with E-state index in [4.69, 9.17) is 29.4 Å². The molecule has 0 spiro atoms. The average molecular weight is 804 g/mol. The van der Waals surface area contributed by atoms with Crippen LogP contribution in [-0.2, 0) is 32.7 Å². The average Bonchev–Trinajstić information content (AvgIpc) is 3.16. The van der Waals surface area contributed by atoms with Crippen LogP contribution in [0.4, 0.5) is 0 Å². The third kappa shape index (κ3) is 40.7. The molecular formula is C44H86NO9P. The number of rotatable bonds is 44. The molecule has 0 aliphatic carbocycles. The monoisotopic (exact) mass is 804 g/mol. The maximum atomic E-state index is 12.6. The van der Waals surface area contributed by atoms with Crippen LogP contribution in [0, 0.1) is 0 Å². The van der Waals surface area contributed by atoms with E-state index < -0.39 is 45.1 Å². The second kappa shape index (κ2) is 40.9. The molecule has 11 heteroatoms. The van der Waals surface area contributed by atoms with Gasteiger partial charge >= 0.3 is 19.8 Å². The van der Waals surface area contributed by atoms with Crippen molar-refractivity contribution >= 4 is 19.8 Å². The lowest BCUT2D eigenvalue weighted by Crippen LogP contribution is -2.34. The van der Waals surface area contributed by atoms with Crippen molar-refractivity contribution in [1.82, 2.24) is 0 Å². The van der Waals surface area contributed by atoms with Gasteiger partial charge in [0, 0.05) is 13.0 Å². The molecule has 3 atom stereocenters. The Labute approximate surface area is 337 Å². The summed E-state index contributed by atoms with van der Waals surface area (Å²) in [6.45, 7) is 3.89. The highest BCUT2D eigenvalue weighted by Crippen LogP contribution is 2.43. The second-order valence-corrected chi connectivity index (χ2v) is 17.0. The fraction of sp³-hybridized carbons (Fsp3) is 0.909. The van der Waals surface area contributed by atoms with E-state index in [1.54, 1.807) is 0 Å². The van der Waals surface area contributed by atoms with Gasteiger partial charge in [-0.1, -0.05) is 187 Å². The molecule has 55 heavy (non-hydrogen) atoms. The summed E-state index contributed by atoms with van der Waals surface area (Å²) < 4.78 is 33.4. The van der Waals surface area contributed by atoms with Gasteiger partial charge in [-0.2, -0.15) is 0 Å². The number of carbonyl (C=O) groups excluding carboxylic acids is 1. The first kappa shape index (κ1) is 53.7. The van der Waals surface area contributed by atoms with Crippen LogP contribution in [0.25, 0.3) is 0 Å². The van der Waals surface area contributed by atoms with Gasteiger partial charge in [-0.05, 0) is 38.5 Å². The number of phosphoric ester groups is 1. The third-order valence-corrected chi connectivity index (χ3v) is 11.0. The molecule has 0 amide bonds. The molecule has 10 nitrogen and oxygen atoms in total. The van der Waals surface area contributed by atoms with Gasteiger partial charge in [-0.3, -0.25) is 18.6 Å². The van der Waals surface area contributed by atoms with Crippen LogP contribution in [0.15, 0.2) is 12.2 Å². The maximum absolute atomic E-state index is 12.6. The molecule has 0 aromatic carbocycles. The molecule has 0 aromatic rings. The topological polar surface area (TPSA) is 155 Å². The minimum Gasteiger partial charge on any atom is -0.480 e. The molecule has 326 valence electrons. The van der Waals surface area contributed by atoms with Crippen molar-refractivity contribution in [3.8, 4) is 0 Å². The Hall–Kier alpha value is -1.29. The van der Waals surface area contributed by atoms with Crippen molar-refractivity contribution in [3.63, 3.8) is 0 Å². The van der Waals surface area contributed by atoms with E-state index in [9.17, 15) is 19.0 Å². The summed E-state index contributed by atoms with van der Waals surface area (Å²) in [5.74, 6) is -1.77. The molecule has 3 unspecified atom stereocenters. The van der Waals surface area contributed by atoms with E-state index in [1.165, 1.54) is 154 Å². The van der Waals surface area contributed by atoms with Gasteiger partial charge in [0.15, 0.2) is 0 Å². The molecular weight excluding hydrogens is 717 g/mol. The van der Waals surface area contributed by atoms with Crippen molar-refractivity contribution in [3.05, 3.63) is 12.2 Å². The van der Waals surface area contributed by atoms with Gasteiger partial charge in [0.05, 0.1) is 19.8 Å². The van der Waals surface area contributed by atoms with E-state index in [1.807, 2.05) is 0 Å². The summed E-state index contributed by atoms with van der Waals surface area (Å²) in [5, 5.41) is 8.90. The molecule has 0 aromatic heterocycles. The number of carboxylic acids is 1. The quantitative estimate of drug-likeness (QED) is 0.0235. The zero-order valence-corrected chi connectivity index (χ0v) is 36.4. The Morgan fingerprint density at radius 3 is 1.40 bits per heavy atom. The third-order valence-electron chi connectivity index (χ3n) is 10.0. The predicted octanol–water partition coefficient (Wildman–Crippen LogP) is 12.5. The van der Waals surface area contributed by atoms with Crippen molar-refractivity contribution in [2.24, 2.45) is 5.73 Å². The Bertz CT molecular complexity index is 935. The van der Waals surface area contributed by atoms with Crippen LogP contribution in [0.2, 0.25) is 0 Å². The molecule has 0 rings (SSSR count). The van der Waals surface area contributed by atoms with Gasteiger partial charge in [0.25, 0.3) is 0 Å². The van der Waals surface area contributed by atoms with Crippen LogP contribution in [0.3, 0.4) is 0 Å².